The first kappa shape index (κ1) is 12.9. The second-order valence-corrected chi connectivity index (χ2v) is 6.46. The molecule has 1 saturated heterocycles. The van der Waals surface area contributed by atoms with Crippen molar-refractivity contribution in [3.63, 3.8) is 0 Å². The number of carbonyl (C=O) groups excluding carboxylic acids is 1. The van der Waals surface area contributed by atoms with Gasteiger partial charge in [-0.25, -0.2) is 4.79 Å². The van der Waals surface area contributed by atoms with Crippen molar-refractivity contribution in [1.29, 1.82) is 0 Å². The van der Waals surface area contributed by atoms with Gasteiger partial charge in [0.15, 0.2) is 6.10 Å². The first-order valence-electron chi connectivity index (χ1n) is 6.73. The van der Waals surface area contributed by atoms with E-state index in [1.54, 1.807) is 0 Å². The highest BCUT2D eigenvalue weighted by atomic mass is 16.7. The summed E-state index contributed by atoms with van der Waals surface area (Å²) in [6.45, 7) is 9.17. The van der Waals surface area contributed by atoms with E-state index in [-0.39, 0.29) is 17.7 Å². The zero-order valence-corrected chi connectivity index (χ0v) is 11.4. The summed E-state index contributed by atoms with van der Waals surface area (Å²) in [6.07, 6.45) is 4.08. The molecule has 0 N–H and O–H groups in total. The SMILES string of the molecule is CCOC(=O)[C@@H]1OC12CCC(C(C)(C)C)CC2. The largest absolute Gasteiger partial charge is 0.464 e. The third-order valence-corrected chi connectivity index (χ3v) is 4.33. The summed E-state index contributed by atoms with van der Waals surface area (Å²) in [6, 6.07) is 0. The minimum absolute atomic E-state index is 0.159. The molecule has 1 saturated carbocycles. The summed E-state index contributed by atoms with van der Waals surface area (Å²) < 4.78 is 10.7. The van der Waals surface area contributed by atoms with Gasteiger partial charge >= 0.3 is 5.97 Å². The van der Waals surface area contributed by atoms with Crippen LogP contribution in [-0.4, -0.2) is 24.3 Å². The molecule has 0 amide bonds. The maximum Gasteiger partial charge on any atom is 0.338 e. The average molecular weight is 240 g/mol. The summed E-state index contributed by atoms with van der Waals surface area (Å²) in [5.74, 6) is 0.585. The van der Waals surface area contributed by atoms with E-state index in [9.17, 15) is 4.79 Å². The highest BCUT2D eigenvalue weighted by Gasteiger charge is 2.62. The summed E-state index contributed by atoms with van der Waals surface area (Å²) >= 11 is 0. The summed E-state index contributed by atoms with van der Waals surface area (Å²) in [7, 11) is 0. The fraction of sp³-hybridized carbons (Fsp3) is 0.929. The molecule has 1 aliphatic carbocycles. The van der Waals surface area contributed by atoms with E-state index >= 15 is 0 Å². The van der Waals surface area contributed by atoms with Gasteiger partial charge in [0.05, 0.1) is 6.61 Å². The molecule has 1 aliphatic heterocycles. The van der Waals surface area contributed by atoms with Crippen molar-refractivity contribution in [2.24, 2.45) is 11.3 Å². The third-order valence-electron chi connectivity index (χ3n) is 4.33. The van der Waals surface area contributed by atoms with Crippen LogP contribution in [0.1, 0.15) is 53.4 Å². The summed E-state index contributed by atoms with van der Waals surface area (Å²) in [5.41, 5.74) is 0.212. The van der Waals surface area contributed by atoms with Crippen LogP contribution in [0.15, 0.2) is 0 Å². The van der Waals surface area contributed by atoms with Crippen molar-refractivity contribution < 1.29 is 14.3 Å². The molecular weight excluding hydrogens is 216 g/mol. The molecule has 0 aromatic rings. The first-order chi connectivity index (χ1) is 7.89. The molecule has 0 aromatic heterocycles. The maximum atomic E-state index is 11.6. The molecule has 0 unspecified atom stereocenters. The number of hydrogen-bond donors (Lipinski definition) is 0. The molecule has 2 fully saturated rings. The lowest BCUT2D eigenvalue weighted by Crippen LogP contribution is -2.32. The fourth-order valence-corrected chi connectivity index (χ4v) is 3.03. The van der Waals surface area contributed by atoms with E-state index < -0.39 is 0 Å². The van der Waals surface area contributed by atoms with Gasteiger partial charge in [-0.2, -0.15) is 0 Å². The molecule has 2 aliphatic rings. The highest BCUT2D eigenvalue weighted by molar-refractivity contribution is 5.79. The average Bonchev–Trinajstić information content (AvgIpc) is 2.92. The van der Waals surface area contributed by atoms with Gasteiger partial charge in [-0.05, 0) is 43.9 Å². The predicted molar refractivity (Wildman–Crippen MR) is 65.7 cm³/mol. The third kappa shape index (κ3) is 2.49. The Balaban J connectivity index is 1.87. The van der Waals surface area contributed by atoms with Gasteiger partial charge in [0.2, 0.25) is 0 Å². The van der Waals surface area contributed by atoms with E-state index in [0.717, 1.165) is 18.8 Å². The van der Waals surface area contributed by atoms with Gasteiger partial charge in [0.25, 0.3) is 0 Å². The Labute approximate surface area is 104 Å². The van der Waals surface area contributed by atoms with Crippen LogP contribution in [0.25, 0.3) is 0 Å². The van der Waals surface area contributed by atoms with Gasteiger partial charge in [-0.1, -0.05) is 20.8 Å². The molecule has 1 spiro atoms. The summed E-state index contributed by atoms with van der Waals surface area (Å²) in [4.78, 5) is 11.6. The molecule has 1 heterocycles. The van der Waals surface area contributed by atoms with E-state index in [1.807, 2.05) is 6.92 Å². The van der Waals surface area contributed by atoms with Gasteiger partial charge < -0.3 is 9.47 Å². The highest BCUT2D eigenvalue weighted by Crippen LogP contribution is 2.52. The number of carbonyl (C=O) groups is 1. The van der Waals surface area contributed by atoms with Gasteiger partial charge in [0.1, 0.15) is 5.60 Å². The van der Waals surface area contributed by atoms with Crippen molar-refractivity contribution in [1.82, 2.24) is 0 Å². The number of esters is 1. The van der Waals surface area contributed by atoms with E-state index in [4.69, 9.17) is 9.47 Å². The predicted octanol–water partition coefficient (Wildman–Crippen LogP) is 2.92. The molecule has 0 bridgehead atoms. The standard InChI is InChI=1S/C14H24O3/c1-5-16-12(15)11-14(17-11)8-6-10(7-9-14)13(2,3)4/h10-11H,5-9H2,1-4H3/t10?,11-,14?/m0/s1. The molecule has 3 heteroatoms. The van der Waals surface area contributed by atoms with Crippen LogP contribution in [0.4, 0.5) is 0 Å². The topological polar surface area (TPSA) is 38.8 Å². The molecular formula is C14H24O3. The van der Waals surface area contributed by atoms with E-state index in [2.05, 4.69) is 20.8 Å². The van der Waals surface area contributed by atoms with Gasteiger partial charge in [-0.15, -0.1) is 0 Å². The Bertz CT molecular complexity index is 295. The van der Waals surface area contributed by atoms with Crippen molar-refractivity contribution in [2.75, 3.05) is 6.61 Å². The van der Waals surface area contributed by atoms with Crippen molar-refractivity contribution in [3.05, 3.63) is 0 Å². The Morgan fingerprint density at radius 2 is 1.94 bits per heavy atom. The normalized spacial score (nSPS) is 36.9. The number of ether oxygens (including phenoxy) is 2. The molecule has 0 radical (unpaired) electrons. The number of rotatable bonds is 2. The smallest absolute Gasteiger partial charge is 0.338 e. The van der Waals surface area contributed by atoms with Crippen LogP contribution in [-0.2, 0) is 14.3 Å². The first-order valence-corrected chi connectivity index (χ1v) is 6.73. The van der Waals surface area contributed by atoms with Crippen molar-refractivity contribution >= 4 is 5.97 Å². The van der Waals surface area contributed by atoms with Crippen LogP contribution in [0.2, 0.25) is 0 Å². The Hall–Kier alpha value is -0.570. The van der Waals surface area contributed by atoms with Gasteiger partial charge in [0, 0.05) is 0 Å². The zero-order chi connectivity index (χ0) is 12.7. The molecule has 2 rings (SSSR count). The molecule has 1 atom stereocenters. The monoisotopic (exact) mass is 240 g/mol. The van der Waals surface area contributed by atoms with Gasteiger partial charge in [-0.3, -0.25) is 0 Å². The minimum Gasteiger partial charge on any atom is -0.464 e. The fourth-order valence-electron chi connectivity index (χ4n) is 3.03. The van der Waals surface area contributed by atoms with Crippen molar-refractivity contribution in [3.8, 4) is 0 Å². The molecule has 17 heavy (non-hydrogen) atoms. The molecule has 0 aromatic carbocycles. The second kappa shape index (κ2) is 4.27. The Kier molecular flexibility index (Phi) is 3.23. The maximum absolute atomic E-state index is 11.6. The summed E-state index contributed by atoms with van der Waals surface area (Å²) in [5, 5.41) is 0. The van der Waals surface area contributed by atoms with Crippen LogP contribution < -0.4 is 0 Å². The quantitative estimate of drug-likeness (QED) is 0.550. The van der Waals surface area contributed by atoms with Crippen molar-refractivity contribution in [2.45, 2.75) is 65.1 Å². The number of epoxide rings is 1. The lowest BCUT2D eigenvalue weighted by Gasteiger charge is -2.36. The number of hydrogen-bond acceptors (Lipinski definition) is 3. The molecule has 3 nitrogen and oxygen atoms in total. The van der Waals surface area contributed by atoms with Crippen LogP contribution in [0, 0.1) is 11.3 Å². The van der Waals surface area contributed by atoms with Crippen LogP contribution in [0.5, 0.6) is 0 Å². The lowest BCUT2D eigenvalue weighted by atomic mass is 9.69. The Morgan fingerprint density at radius 3 is 2.41 bits per heavy atom. The molecule has 98 valence electrons. The van der Waals surface area contributed by atoms with Crippen LogP contribution >= 0.6 is 0 Å². The Morgan fingerprint density at radius 1 is 1.35 bits per heavy atom. The van der Waals surface area contributed by atoms with Crippen LogP contribution in [0.3, 0.4) is 0 Å². The second-order valence-electron chi connectivity index (χ2n) is 6.46. The van der Waals surface area contributed by atoms with E-state index in [0.29, 0.717) is 12.0 Å². The van der Waals surface area contributed by atoms with E-state index in [1.165, 1.54) is 12.8 Å². The zero-order valence-electron chi connectivity index (χ0n) is 11.4. The lowest BCUT2D eigenvalue weighted by molar-refractivity contribution is -0.144. The minimum atomic E-state index is -0.275.